The van der Waals surface area contributed by atoms with Crippen molar-refractivity contribution in [3.05, 3.63) is 21.3 Å². The summed E-state index contributed by atoms with van der Waals surface area (Å²) in [5.41, 5.74) is 0. The van der Waals surface area contributed by atoms with Crippen molar-refractivity contribution in [3.8, 4) is 0 Å². The van der Waals surface area contributed by atoms with Crippen molar-refractivity contribution in [2.45, 2.75) is 12.8 Å². The highest BCUT2D eigenvalue weighted by Gasteiger charge is 2.14. The zero-order valence-electron chi connectivity index (χ0n) is 5.87. The van der Waals surface area contributed by atoms with E-state index in [4.69, 9.17) is 16.7 Å². The predicted octanol–water partition coefficient (Wildman–Crippen LogP) is 2.59. The van der Waals surface area contributed by atoms with Crippen molar-refractivity contribution in [3.63, 3.8) is 0 Å². The van der Waals surface area contributed by atoms with Crippen LogP contribution in [0.3, 0.4) is 0 Å². The molecule has 2 nitrogen and oxygen atoms in total. The fourth-order valence-electron chi connectivity index (χ4n) is 0.677. The summed E-state index contributed by atoms with van der Waals surface area (Å²) in [5, 5.41) is 11.0. The van der Waals surface area contributed by atoms with Crippen molar-refractivity contribution in [1.29, 1.82) is 0 Å². The molecule has 0 bridgehead atoms. The minimum absolute atomic E-state index is 0.451. The van der Waals surface area contributed by atoms with Crippen LogP contribution < -0.4 is 0 Å². The molecule has 0 spiro atoms. The van der Waals surface area contributed by atoms with Crippen LogP contribution in [0.2, 0.25) is 5.02 Å². The summed E-state index contributed by atoms with van der Waals surface area (Å²) in [7, 11) is 0. The van der Waals surface area contributed by atoms with Gasteiger partial charge in [-0.15, -0.1) is 11.3 Å². The third kappa shape index (κ3) is 1.94. The average Bonchev–Trinajstić information content (AvgIpc) is 2.34. The van der Waals surface area contributed by atoms with Gasteiger partial charge >= 0.3 is 5.97 Å². The molecule has 60 valence electrons. The van der Waals surface area contributed by atoms with Crippen LogP contribution in [-0.4, -0.2) is 11.1 Å². The maximum atomic E-state index is 10.5. The molecule has 0 aliphatic heterocycles. The topological polar surface area (TPSA) is 37.3 Å². The summed E-state index contributed by atoms with van der Waals surface area (Å²) in [6.07, 6.45) is 0. The summed E-state index contributed by atoms with van der Waals surface area (Å²) in [6.45, 7) is 1.64. The number of thiophene rings is 1. The van der Waals surface area contributed by atoms with Gasteiger partial charge in [0, 0.05) is 10.3 Å². The van der Waals surface area contributed by atoms with Crippen molar-refractivity contribution in [2.75, 3.05) is 0 Å². The lowest BCUT2D eigenvalue weighted by Crippen LogP contribution is -2.04. The molecule has 1 heterocycles. The van der Waals surface area contributed by atoms with Gasteiger partial charge < -0.3 is 5.11 Å². The number of hydrogen-bond donors (Lipinski definition) is 1. The van der Waals surface area contributed by atoms with E-state index >= 15 is 0 Å². The number of carboxylic acid groups (broad SMARTS) is 1. The summed E-state index contributed by atoms with van der Waals surface area (Å²) in [4.78, 5) is 11.3. The summed E-state index contributed by atoms with van der Waals surface area (Å²) >= 11 is 7.00. The Balaban J connectivity index is 2.84. The van der Waals surface area contributed by atoms with Crippen LogP contribution in [0.5, 0.6) is 0 Å². The Kier molecular flexibility index (Phi) is 2.52. The number of rotatable bonds is 2. The largest absolute Gasteiger partial charge is 0.481 e. The van der Waals surface area contributed by atoms with Gasteiger partial charge in [0.15, 0.2) is 0 Å². The fraction of sp³-hybridized carbons (Fsp3) is 0.286. The van der Waals surface area contributed by atoms with Gasteiger partial charge in [-0.1, -0.05) is 11.6 Å². The van der Waals surface area contributed by atoms with Crippen molar-refractivity contribution < 1.29 is 9.90 Å². The number of halogens is 1. The van der Waals surface area contributed by atoms with Crippen LogP contribution >= 0.6 is 22.9 Å². The molecule has 0 radical (unpaired) electrons. The first-order valence-electron chi connectivity index (χ1n) is 3.08. The second-order valence-corrected chi connectivity index (χ2v) is 3.61. The van der Waals surface area contributed by atoms with Gasteiger partial charge in [-0.2, -0.15) is 0 Å². The van der Waals surface area contributed by atoms with E-state index in [1.165, 1.54) is 11.3 Å². The molecule has 1 aromatic rings. The third-order valence-corrected chi connectivity index (χ3v) is 2.85. The van der Waals surface area contributed by atoms with E-state index in [0.717, 1.165) is 4.88 Å². The molecule has 0 aromatic carbocycles. The smallest absolute Gasteiger partial charge is 0.311 e. The summed E-state index contributed by atoms with van der Waals surface area (Å²) in [5.74, 6) is -1.27. The highest BCUT2D eigenvalue weighted by molar-refractivity contribution is 7.10. The number of carboxylic acids is 1. The minimum Gasteiger partial charge on any atom is -0.481 e. The van der Waals surface area contributed by atoms with Gasteiger partial charge in [0.1, 0.15) is 0 Å². The monoisotopic (exact) mass is 190 g/mol. The maximum absolute atomic E-state index is 10.5. The Morgan fingerprint density at radius 1 is 1.82 bits per heavy atom. The number of aliphatic carboxylic acids is 1. The van der Waals surface area contributed by atoms with Gasteiger partial charge in [0.25, 0.3) is 0 Å². The molecule has 4 heteroatoms. The summed E-state index contributed by atoms with van der Waals surface area (Å²) in [6, 6.07) is 1.69. The van der Waals surface area contributed by atoms with Crippen LogP contribution in [0, 0.1) is 0 Å². The van der Waals surface area contributed by atoms with E-state index in [9.17, 15) is 4.79 Å². The second kappa shape index (κ2) is 3.24. The second-order valence-electron chi connectivity index (χ2n) is 2.23. The Morgan fingerprint density at radius 2 is 2.45 bits per heavy atom. The molecule has 1 N–H and O–H groups in total. The number of carbonyl (C=O) groups is 1. The Labute approximate surface area is 73.4 Å². The van der Waals surface area contributed by atoms with Crippen molar-refractivity contribution >= 4 is 28.9 Å². The zero-order chi connectivity index (χ0) is 8.43. The van der Waals surface area contributed by atoms with Crippen molar-refractivity contribution in [2.24, 2.45) is 0 Å². The Morgan fingerprint density at radius 3 is 2.82 bits per heavy atom. The quantitative estimate of drug-likeness (QED) is 0.779. The molecule has 1 aromatic heterocycles. The van der Waals surface area contributed by atoms with Crippen LogP contribution in [0.1, 0.15) is 17.7 Å². The summed E-state index contributed by atoms with van der Waals surface area (Å²) < 4.78 is 0. The molecule has 0 aliphatic rings. The third-order valence-electron chi connectivity index (χ3n) is 1.38. The SMILES string of the molecule is CC(C(=O)O)c1cc(Cl)cs1. The van der Waals surface area contributed by atoms with Crippen molar-refractivity contribution in [1.82, 2.24) is 0 Å². The first-order chi connectivity index (χ1) is 5.11. The van der Waals surface area contributed by atoms with Gasteiger partial charge in [-0.05, 0) is 13.0 Å². The van der Waals surface area contributed by atoms with Gasteiger partial charge in [-0.3, -0.25) is 4.79 Å². The van der Waals surface area contributed by atoms with Crippen LogP contribution in [-0.2, 0) is 4.79 Å². The fourth-order valence-corrected chi connectivity index (χ4v) is 1.81. The first-order valence-corrected chi connectivity index (χ1v) is 4.33. The predicted molar refractivity (Wildman–Crippen MR) is 45.4 cm³/mol. The Bertz CT molecular complexity index is 269. The molecular formula is C7H7ClO2S. The van der Waals surface area contributed by atoms with E-state index < -0.39 is 11.9 Å². The molecule has 0 amide bonds. The standard InChI is InChI=1S/C7H7ClO2S/c1-4(7(9)10)6-2-5(8)3-11-6/h2-4H,1H3,(H,9,10). The van der Waals surface area contributed by atoms with E-state index in [1.807, 2.05) is 0 Å². The molecule has 0 fully saturated rings. The lowest BCUT2D eigenvalue weighted by atomic mass is 10.1. The normalized spacial score (nSPS) is 12.9. The molecule has 0 saturated carbocycles. The molecule has 1 atom stereocenters. The van der Waals surface area contributed by atoms with Crippen LogP contribution in [0.15, 0.2) is 11.4 Å². The molecular weight excluding hydrogens is 184 g/mol. The number of hydrogen-bond acceptors (Lipinski definition) is 2. The van der Waals surface area contributed by atoms with E-state index in [2.05, 4.69) is 0 Å². The molecule has 1 unspecified atom stereocenters. The Hall–Kier alpha value is -0.540. The highest BCUT2D eigenvalue weighted by atomic mass is 35.5. The first kappa shape index (κ1) is 8.56. The van der Waals surface area contributed by atoms with Crippen LogP contribution in [0.25, 0.3) is 0 Å². The van der Waals surface area contributed by atoms with E-state index in [0.29, 0.717) is 5.02 Å². The minimum atomic E-state index is -0.816. The van der Waals surface area contributed by atoms with E-state index in [-0.39, 0.29) is 0 Å². The van der Waals surface area contributed by atoms with Gasteiger partial charge in [0.2, 0.25) is 0 Å². The zero-order valence-corrected chi connectivity index (χ0v) is 7.45. The average molecular weight is 191 g/mol. The molecule has 1 rings (SSSR count). The van der Waals surface area contributed by atoms with Gasteiger partial charge in [0.05, 0.1) is 10.9 Å². The maximum Gasteiger partial charge on any atom is 0.311 e. The molecule has 11 heavy (non-hydrogen) atoms. The lowest BCUT2D eigenvalue weighted by Gasteiger charge is -1.99. The van der Waals surface area contributed by atoms with E-state index in [1.54, 1.807) is 18.4 Å². The highest BCUT2D eigenvalue weighted by Crippen LogP contribution is 2.26. The van der Waals surface area contributed by atoms with Crippen LogP contribution in [0.4, 0.5) is 0 Å². The van der Waals surface area contributed by atoms with Gasteiger partial charge in [-0.25, -0.2) is 0 Å². The lowest BCUT2D eigenvalue weighted by molar-refractivity contribution is -0.138. The molecule has 0 saturated heterocycles. The molecule has 0 aliphatic carbocycles.